The number of rotatable bonds is 4. The van der Waals surface area contributed by atoms with Crippen LogP contribution in [0.2, 0.25) is 0 Å². The standard InChI is InChI=1S/C22H21N3O4/c1-14-11-20(15(2)24(14)17-5-4-6-19(12-17)29-3)22(26)23-10-9-16-7-8-18(25(27)28)13-21(16)23/h4-8,11-13H,9-10H2,1-3H3. The molecule has 0 fully saturated rings. The summed E-state index contributed by atoms with van der Waals surface area (Å²) in [5.41, 5.74) is 4.81. The molecule has 0 saturated carbocycles. The normalized spacial score (nSPS) is 12.7. The molecule has 7 heteroatoms. The number of hydrogen-bond acceptors (Lipinski definition) is 4. The molecule has 148 valence electrons. The van der Waals surface area contributed by atoms with Gasteiger partial charge in [-0.2, -0.15) is 0 Å². The number of methoxy groups -OCH3 is 1. The number of aromatic nitrogens is 1. The number of benzene rings is 2. The first kappa shape index (κ1) is 18.7. The molecule has 0 aliphatic carbocycles. The maximum Gasteiger partial charge on any atom is 0.271 e. The molecular formula is C22H21N3O4. The van der Waals surface area contributed by atoms with Gasteiger partial charge in [-0.3, -0.25) is 14.9 Å². The fraction of sp³-hybridized carbons (Fsp3) is 0.227. The molecule has 2 heterocycles. The van der Waals surface area contributed by atoms with Gasteiger partial charge in [-0.1, -0.05) is 12.1 Å². The number of ether oxygens (including phenoxy) is 1. The van der Waals surface area contributed by atoms with E-state index in [-0.39, 0.29) is 11.6 Å². The Kier molecular flexibility index (Phi) is 4.58. The van der Waals surface area contributed by atoms with Crippen molar-refractivity contribution < 1.29 is 14.5 Å². The molecular weight excluding hydrogens is 370 g/mol. The molecule has 4 rings (SSSR count). The van der Waals surface area contributed by atoms with Gasteiger partial charge in [0, 0.05) is 41.8 Å². The Hall–Kier alpha value is -3.61. The van der Waals surface area contributed by atoms with Gasteiger partial charge in [0.2, 0.25) is 0 Å². The lowest BCUT2D eigenvalue weighted by molar-refractivity contribution is -0.384. The molecule has 0 saturated heterocycles. The van der Waals surface area contributed by atoms with E-state index in [1.54, 1.807) is 18.1 Å². The Bertz CT molecular complexity index is 1130. The highest BCUT2D eigenvalue weighted by molar-refractivity contribution is 6.08. The van der Waals surface area contributed by atoms with Crippen molar-refractivity contribution in [3.05, 3.63) is 81.2 Å². The zero-order valence-corrected chi connectivity index (χ0v) is 16.5. The van der Waals surface area contributed by atoms with Crippen LogP contribution in [0, 0.1) is 24.0 Å². The average Bonchev–Trinajstić information content (AvgIpc) is 3.27. The van der Waals surface area contributed by atoms with E-state index in [2.05, 4.69) is 0 Å². The van der Waals surface area contributed by atoms with Crippen LogP contribution >= 0.6 is 0 Å². The molecule has 3 aromatic rings. The predicted molar refractivity (Wildman–Crippen MR) is 110 cm³/mol. The number of anilines is 1. The highest BCUT2D eigenvalue weighted by Gasteiger charge is 2.29. The molecule has 1 amide bonds. The van der Waals surface area contributed by atoms with Crippen LogP contribution in [0.5, 0.6) is 5.75 Å². The van der Waals surface area contributed by atoms with Crippen molar-refractivity contribution in [3.8, 4) is 11.4 Å². The van der Waals surface area contributed by atoms with E-state index in [9.17, 15) is 14.9 Å². The van der Waals surface area contributed by atoms with Crippen molar-refractivity contribution in [1.82, 2.24) is 4.57 Å². The van der Waals surface area contributed by atoms with Gasteiger partial charge in [-0.25, -0.2) is 0 Å². The Labute approximate surface area is 168 Å². The summed E-state index contributed by atoms with van der Waals surface area (Å²) in [7, 11) is 1.62. The van der Waals surface area contributed by atoms with E-state index in [1.807, 2.05) is 48.7 Å². The minimum atomic E-state index is -0.435. The van der Waals surface area contributed by atoms with Gasteiger partial charge in [-0.05, 0) is 44.0 Å². The smallest absolute Gasteiger partial charge is 0.271 e. The Morgan fingerprint density at radius 1 is 1.14 bits per heavy atom. The third-order valence-electron chi connectivity index (χ3n) is 5.39. The van der Waals surface area contributed by atoms with Crippen molar-refractivity contribution in [2.24, 2.45) is 0 Å². The van der Waals surface area contributed by atoms with E-state index in [0.29, 0.717) is 24.2 Å². The molecule has 2 aromatic carbocycles. The summed E-state index contributed by atoms with van der Waals surface area (Å²) >= 11 is 0. The Morgan fingerprint density at radius 3 is 2.66 bits per heavy atom. The van der Waals surface area contributed by atoms with E-state index < -0.39 is 4.92 Å². The maximum atomic E-state index is 13.3. The summed E-state index contributed by atoms with van der Waals surface area (Å²) < 4.78 is 7.33. The first-order chi connectivity index (χ1) is 13.9. The van der Waals surface area contributed by atoms with Crippen molar-refractivity contribution in [3.63, 3.8) is 0 Å². The highest BCUT2D eigenvalue weighted by Crippen LogP contribution is 2.34. The van der Waals surface area contributed by atoms with Gasteiger partial charge in [0.25, 0.3) is 11.6 Å². The maximum absolute atomic E-state index is 13.3. The molecule has 0 radical (unpaired) electrons. The number of amides is 1. The largest absolute Gasteiger partial charge is 0.497 e. The lowest BCUT2D eigenvalue weighted by Crippen LogP contribution is -2.29. The number of nitro benzene ring substituents is 1. The number of fused-ring (bicyclic) bond motifs is 1. The number of non-ortho nitro benzene ring substituents is 1. The Morgan fingerprint density at radius 2 is 1.93 bits per heavy atom. The third-order valence-corrected chi connectivity index (χ3v) is 5.39. The molecule has 0 unspecified atom stereocenters. The van der Waals surface area contributed by atoms with Crippen LogP contribution in [0.3, 0.4) is 0 Å². The van der Waals surface area contributed by atoms with Crippen LogP contribution in [0.1, 0.15) is 27.3 Å². The van der Waals surface area contributed by atoms with E-state index >= 15 is 0 Å². The number of nitrogens with zero attached hydrogens (tertiary/aromatic N) is 3. The molecule has 0 bridgehead atoms. The minimum absolute atomic E-state index is 0.00898. The second-order valence-electron chi connectivity index (χ2n) is 7.10. The molecule has 29 heavy (non-hydrogen) atoms. The summed E-state index contributed by atoms with van der Waals surface area (Å²) in [6.07, 6.45) is 0.688. The molecule has 1 aromatic heterocycles. The summed E-state index contributed by atoms with van der Waals surface area (Å²) in [5.74, 6) is 0.593. The Balaban J connectivity index is 1.73. The van der Waals surface area contributed by atoms with Crippen molar-refractivity contribution in [2.45, 2.75) is 20.3 Å². The fourth-order valence-corrected chi connectivity index (χ4v) is 3.96. The summed E-state index contributed by atoms with van der Waals surface area (Å²) in [4.78, 5) is 25.7. The molecule has 1 aliphatic rings. The van der Waals surface area contributed by atoms with Gasteiger partial charge in [0.1, 0.15) is 5.75 Å². The zero-order valence-electron chi connectivity index (χ0n) is 16.5. The molecule has 0 atom stereocenters. The monoisotopic (exact) mass is 391 g/mol. The van der Waals surface area contributed by atoms with Gasteiger partial charge in [0.15, 0.2) is 0 Å². The van der Waals surface area contributed by atoms with Crippen LogP contribution in [0.25, 0.3) is 5.69 Å². The van der Waals surface area contributed by atoms with Crippen LogP contribution < -0.4 is 9.64 Å². The van der Waals surface area contributed by atoms with E-state index in [1.165, 1.54) is 12.1 Å². The number of carbonyl (C=O) groups is 1. The molecule has 0 N–H and O–H groups in total. The lowest BCUT2D eigenvalue weighted by Gasteiger charge is -2.17. The van der Waals surface area contributed by atoms with Gasteiger partial charge in [0.05, 0.1) is 23.3 Å². The first-order valence-electron chi connectivity index (χ1n) is 9.33. The van der Waals surface area contributed by atoms with Crippen LogP contribution in [0.4, 0.5) is 11.4 Å². The lowest BCUT2D eigenvalue weighted by atomic mass is 10.1. The predicted octanol–water partition coefficient (Wildman–Crippen LogP) is 4.21. The SMILES string of the molecule is COc1cccc(-n2c(C)cc(C(=O)N3CCc4ccc([N+](=O)[O-])cc43)c2C)c1. The molecule has 7 nitrogen and oxygen atoms in total. The van der Waals surface area contributed by atoms with Crippen molar-refractivity contribution in [2.75, 3.05) is 18.6 Å². The number of carbonyl (C=O) groups excluding carboxylic acids is 1. The van der Waals surface area contributed by atoms with Crippen molar-refractivity contribution in [1.29, 1.82) is 0 Å². The fourth-order valence-electron chi connectivity index (χ4n) is 3.96. The van der Waals surface area contributed by atoms with E-state index in [4.69, 9.17) is 4.74 Å². The van der Waals surface area contributed by atoms with Gasteiger partial charge in [-0.15, -0.1) is 0 Å². The third kappa shape index (κ3) is 3.14. The van der Waals surface area contributed by atoms with Gasteiger partial charge >= 0.3 is 0 Å². The quantitative estimate of drug-likeness (QED) is 0.493. The van der Waals surface area contributed by atoms with Crippen molar-refractivity contribution >= 4 is 17.3 Å². The summed E-state index contributed by atoms with van der Waals surface area (Å²) in [5, 5.41) is 11.1. The van der Waals surface area contributed by atoms with E-state index in [0.717, 1.165) is 28.4 Å². The van der Waals surface area contributed by atoms with Crippen LogP contribution in [-0.2, 0) is 6.42 Å². The second-order valence-corrected chi connectivity index (χ2v) is 7.10. The van der Waals surface area contributed by atoms with Gasteiger partial charge < -0.3 is 14.2 Å². The molecule has 1 aliphatic heterocycles. The van der Waals surface area contributed by atoms with Crippen LogP contribution in [-0.4, -0.2) is 29.1 Å². The summed E-state index contributed by atoms with van der Waals surface area (Å²) in [6, 6.07) is 14.2. The summed E-state index contributed by atoms with van der Waals surface area (Å²) in [6.45, 7) is 4.37. The molecule has 0 spiro atoms. The first-order valence-corrected chi connectivity index (χ1v) is 9.33. The average molecular weight is 391 g/mol. The zero-order chi connectivity index (χ0) is 20.7. The number of aryl methyl sites for hydroxylation is 1. The van der Waals surface area contributed by atoms with Crippen LogP contribution in [0.15, 0.2) is 48.5 Å². The number of hydrogen-bond donors (Lipinski definition) is 0. The number of nitro groups is 1. The second kappa shape index (κ2) is 7.09. The minimum Gasteiger partial charge on any atom is -0.497 e. The topological polar surface area (TPSA) is 77.6 Å². The highest BCUT2D eigenvalue weighted by atomic mass is 16.6.